The molecule has 0 aliphatic rings. The van der Waals surface area contributed by atoms with Gasteiger partial charge in [0, 0.05) is 16.1 Å². The highest BCUT2D eigenvalue weighted by atomic mass is 32.2. The highest BCUT2D eigenvalue weighted by Gasteiger charge is 2.10. The van der Waals surface area contributed by atoms with Crippen LogP contribution in [0.1, 0.15) is 11.4 Å². The number of anilines is 1. The standard InChI is InChI=1S/C16H14N4O2S2/c1-9-7-10(2)18-15(17-9)23-8-13(21)19-16-20-14(22)11-5-3-4-6-12(11)24-16/h3-7H,8H2,1-2H3,(H,19,20,21,22). The van der Waals surface area contributed by atoms with Crippen LogP contribution in [0.5, 0.6) is 0 Å². The maximum atomic E-state index is 12.1. The summed E-state index contributed by atoms with van der Waals surface area (Å²) in [6, 6.07) is 9.06. The summed E-state index contributed by atoms with van der Waals surface area (Å²) in [7, 11) is 0. The number of nitrogens with zero attached hydrogens (tertiary/aromatic N) is 3. The number of rotatable bonds is 4. The predicted octanol–water partition coefficient (Wildman–Crippen LogP) is 2.79. The Bertz CT molecular complexity index is 951. The largest absolute Gasteiger partial charge is 0.301 e. The van der Waals surface area contributed by atoms with Crippen molar-refractivity contribution in [2.24, 2.45) is 0 Å². The molecule has 122 valence electrons. The van der Waals surface area contributed by atoms with Gasteiger partial charge in [0.2, 0.25) is 5.91 Å². The number of thioether (sulfide) groups is 1. The molecule has 2 heterocycles. The van der Waals surface area contributed by atoms with Gasteiger partial charge in [0.25, 0.3) is 5.56 Å². The lowest BCUT2D eigenvalue weighted by atomic mass is 10.3. The van der Waals surface area contributed by atoms with Gasteiger partial charge in [-0.2, -0.15) is 4.98 Å². The van der Waals surface area contributed by atoms with Crippen molar-refractivity contribution in [2.75, 3.05) is 11.1 Å². The average molecular weight is 358 g/mol. The highest BCUT2D eigenvalue weighted by Crippen LogP contribution is 2.21. The molecule has 0 aliphatic carbocycles. The zero-order valence-corrected chi connectivity index (χ0v) is 14.7. The molecule has 8 heteroatoms. The third kappa shape index (κ3) is 3.95. The van der Waals surface area contributed by atoms with Crippen molar-refractivity contribution in [2.45, 2.75) is 19.0 Å². The van der Waals surface area contributed by atoms with E-state index in [2.05, 4.69) is 20.3 Å². The molecule has 0 radical (unpaired) electrons. The summed E-state index contributed by atoms with van der Waals surface area (Å²) in [6.07, 6.45) is 0. The van der Waals surface area contributed by atoms with E-state index in [1.54, 1.807) is 12.1 Å². The smallest absolute Gasteiger partial charge is 0.281 e. The van der Waals surface area contributed by atoms with Crippen molar-refractivity contribution in [1.82, 2.24) is 15.0 Å². The van der Waals surface area contributed by atoms with E-state index in [0.717, 1.165) is 16.1 Å². The number of amides is 1. The van der Waals surface area contributed by atoms with Crippen LogP contribution < -0.4 is 10.9 Å². The van der Waals surface area contributed by atoms with Gasteiger partial charge in [0.1, 0.15) is 0 Å². The van der Waals surface area contributed by atoms with Crippen LogP contribution in [0.4, 0.5) is 5.13 Å². The first kappa shape index (κ1) is 16.5. The molecule has 0 saturated carbocycles. The van der Waals surface area contributed by atoms with E-state index in [1.165, 1.54) is 23.1 Å². The lowest BCUT2D eigenvalue weighted by molar-refractivity contribution is -0.113. The molecule has 0 bridgehead atoms. The van der Waals surface area contributed by atoms with Gasteiger partial charge in [0.05, 0.1) is 11.1 Å². The van der Waals surface area contributed by atoms with Gasteiger partial charge < -0.3 is 5.32 Å². The Balaban J connectivity index is 1.70. The van der Waals surface area contributed by atoms with Crippen LogP contribution in [0.15, 0.2) is 40.3 Å². The second-order valence-corrected chi connectivity index (χ2v) is 7.06. The third-order valence-corrected chi connectivity index (χ3v) is 4.88. The monoisotopic (exact) mass is 358 g/mol. The number of benzene rings is 1. The summed E-state index contributed by atoms with van der Waals surface area (Å²) in [5.41, 5.74) is 1.38. The van der Waals surface area contributed by atoms with E-state index in [9.17, 15) is 9.59 Å². The molecule has 2 aromatic heterocycles. The van der Waals surface area contributed by atoms with E-state index in [4.69, 9.17) is 0 Å². The Morgan fingerprint density at radius 1 is 1.17 bits per heavy atom. The minimum absolute atomic E-state index is 0.151. The van der Waals surface area contributed by atoms with Gasteiger partial charge in [-0.15, -0.1) is 0 Å². The van der Waals surface area contributed by atoms with Crippen molar-refractivity contribution in [3.8, 4) is 0 Å². The number of carbonyl (C=O) groups is 1. The van der Waals surface area contributed by atoms with Gasteiger partial charge in [-0.25, -0.2) is 9.97 Å². The zero-order valence-electron chi connectivity index (χ0n) is 13.1. The number of aromatic nitrogens is 3. The van der Waals surface area contributed by atoms with Crippen LogP contribution in [0.25, 0.3) is 10.1 Å². The summed E-state index contributed by atoms with van der Waals surface area (Å²) in [6.45, 7) is 3.77. The number of nitrogens with one attached hydrogen (secondary N) is 1. The maximum Gasteiger partial charge on any atom is 0.281 e. The Kier molecular flexibility index (Phi) is 4.86. The average Bonchev–Trinajstić information content (AvgIpc) is 2.52. The number of hydrogen-bond donors (Lipinski definition) is 1. The maximum absolute atomic E-state index is 12.1. The van der Waals surface area contributed by atoms with Gasteiger partial charge in [-0.3, -0.25) is 9.59 Å². The summed E-state index contributed by atoms with van der Waals surface area (Å²) >= 11 is 2.52. The van der Waals surface area contributed by atoms with Crippen LogP contribution in [-0.4, -0.2) is 26.6 Å². The summed E-state index contributed by atoms with van der Waals surface area (Å²) in [5, 5.41) is 4.08. The molecule has 3 rings (SSSR count). The fraction of sp³-hybridized carbons (Fsp3) is 0.188. The van der Waals surface area contributed by atoms with E-state index in [1.807, 2.05) is 32.0 Å². The van der Waals surface area contributed by atoms with E-state index in [0.29, 0.717) is 15.7 Å². The Morgan fingerprint density at radius 2 is 1.88 bits per heavy atom. The van der Waals surface area contributed by atoms with Crippen LogP contribution >= 0.6 is 23.1 Å². The summed E-state index contributed by atoms with van der Waals surface area (Å²) < 4.78 is 0.790. The van der Waals surface area contributed by atoms with Gasteiger partial charge in [-0.05, 0) is 32.0 Å². The molecule has 6 nitrogen and oxygen atoms in total. The second-order valence-electron chi connectivity index (χ2n) is 5.09. The van der Waals surface area contributed by atoms with Crippen LogP contribution in [0.3, 0.4) is 0 Å². The molecule has 0 spiro atoms. The Morgan fingerprint density at radius 3 is 2.62 bits per heavy atom. The number of fused-ring (bicyclic) bond motifs is 1. The first-order valence-electron chi connectivity index (χ1n) is 7.16. The van der Waals surface area contributed by atoms with Crippen molar-refractivity contribution in [3.63, 3.8) is 0 Å². The van der Waals surface area contributed by atoms with Crippen LogP contribution in [0.2, 0.25) is 0 Å². The molecular formula is C16H14N4O2S2. The summed E-state index contributed by atoms with van der Waals surface area (Å²) in [4.78, 5) is 36.5. The highest BCUT2D eigenvalue weighted by molar-refractivity contribution is 7.99. The van der Waals surface area contributed by atoms with Crippen molar-refractivity contribution >= 4 is 44.2 Å². The number of aryl methyl sites for hydroxylation is 2. The van der Waals surface area contributed by atoms with Gasteiger partial charge >= 0.3 is 0 Å². The molecule has 0 atom stereocenters. The van der Waals surface area contributed by atoms with Gasteiger partial charge in [0.15, 0.2) is 10.3 Å². The zero-order chi connectivity index (χ0) is 17.1. The molecule has 0 unspecified atom stereocenters. The molecule has 1 N–H and O–H groups in total. The molecule has 0 fully saturated rings. The molecule has 1 aromatic carbocycles. The first-order valence-corrected chi connectivity index (χ1v) is 8.96. The Labute approximate surface area is 146 Å². The fourth-order valence-electron chi connectivity index (χ4n) is 2.11. The fourth-order valence-corrected chi connectivity index (χ4v) is 3.77. The van der Waals surface area contributed by atoms with E-state index >= 15 is 0 Å². The SMILES string of the molecule is Cc1cc(C)nc(SCC(=O)Nc2nc(=O)c3ccccc3s2)n1. The second kappa shape index (κ2) is 7.06. The van der Waals surface area contributed by atoms with E-state index in [-0.39, 0.29) is 17.2 Å². The van der Waals surface area contributed by atoms with Crippen molar-refractivity contribution in [3.05, 3.63) is 52.1 Å². The lowest BCUT2D eigenvalue weighted by Crippen LogP contribution is -2.17. The quantitative estimate of drug-likeness (QED) is 0.570. The Hall–Kier alpha value is -2.32. The summed E-state index contributed by atoms with van der Waals surface area (Å²) in [5.74, 6) is -0.0978. The predicted molar refractivity (Wildman–Crippen MR) is 96.7 cm³/mol. The molecule has 0 aliphatic heterocycles. The molecule has 1 amide bonds. The number of hydrogen-bond acceptors (Lipinski definition) is 7. The van der Waals surface area contributed by atoms with E-state index < -0.39 is 0 Å². The molecular weight excluding hydrogens is 344 g/mol. The molecule has 0 saturated heterocycles. The number of carbonyl (C=O) groups excluding carboxylic acids is 1. The lowest BCUT2D eigenvalue weighted by Gasteiger charge is -2.05. The van der Waals surface area contributed by atoms with Crippen molar-refractivity contribution < 1.29 is 4.79 Å². The minimum Gasteiger partial charge on any atom is -0.301 e. The van der Waals surface area contributed by atoms with Crippen LogP contribution in [-0.2, 0) is 4.79 Å². The van der Waals surface area contributed by atoms with Crippen LogP contribution in [0, 0.1) is 13.8 Å². The normalized spacial score (nSPS) is 10.8. The molecule has 3 aromatic rings. The first-order chi connectivity index (χ1) is 11.5. The van der Waals surface area contributed by atoms with Crippen molar-refractivity contribution in [1.29, 1.82) is 0 Å². The van der Waals surface area contributed by atoms with Gasteiger partial charge in [-0.1, -0.05) is 35.2 Å². The topological polar surface area (TPSA) is 84.8 Å². The minimum atomic E-state index is -0.343. The molecule has 24 heavy (non-hydrogen) atoms. The third-order valence-electron chi connectivity index (χ3n) is 3.07.